The SMILES string of the molecule is CC1=CC(=O)N=C2C1C(Cl)=NN2C. The zero-order chi connectivity index (χ0) is 9.59. The molecular formula is C8H8ClN3O. The molecule has 0 saturated heterocycles. The van der Waals surface area contributed by atoms with Gasteiger partial charge in [-0.05, 0) is 6.92 Å². The van der Waals surface area contributed by atoms with E-state index in [-0.39, 0.29) is 11.8 Å². The Bertz CT molecular complexity index is 370. The van der Waals surface area contributed by atoms with Gasteiger partial charge in [0.25, 0.3) is 5.91 Å². The summed E-state index contributed by atoms with van der Waals surface area (Å²) in [6.07, 6.45) is 1.49. The first kappa shape index (κ1) is 8.44. The average molecular weight is 198 g/mol. The summed E-state index contributed by atoms with van der Waals surface area (Å²) in [5, 5.41) is 6.03. The Morgan fingerprint density at radius 2 is 2.31 bits per heavy atom. The van der Waals surface area contributed by atoms with Crippen LogP contribution in [0.4, 0.5) is 0 Å². The smallest absolute Gasteiger partial charge is 0.267 e. The number of carbonyl (C=O) groups excluding carboxylic acids is 1. The van der Waals surface area contributed by atoms with Crippen molar-refractivity contribution in [2.45, 2.75) is 6.92 Å². The lowest BCUT2D eigenvalue weighted by molar-refractivity contribution is -0.113. The van der Waals surface area contributed by atoms with Crippen LogP contribution in [-0.2, 0) is 4.79 Å². The van der Waals surface area contributed by atoms with Crippen LogP contribution >= 0.6 is 11.6 Å². The maximum absolute atomic E-state index is 11.1. The van der Waals surface area contributed by atoms with E-state index in [0.29, 0.717) is 11.0 Å². The van der Waals surface area contributed by atoms with Crippen LogP contribution in [0.5, 0.6) is 0 Å². The predicted molar refractivity (Wildman–Crippen MR) is 50.7 cm³/mol. The van der Waals surface area contributed by atoms with E-state index in [2.05, 4.69) is 10.1 Å². The first-order chi connectivity index (χ1) is 6.09. The van der Waals surface area contributed by atoms with E-state index in [9.17, 15) is 4.79 Å². The lowest BCUT2D eigenvalue weighted by Gasteiger charge is -2.17. The molecule has 0 spiro atoms. The number of fused-ring (bicyclic) bond motifs is 1. The van der Waals surface area contributed by atoms with Gasteiger partial charge >= 0.3 is 0 Å². The third kappa shape index (κ3) is 1.18. The molecule has 5 heteroatoms. The molecule has 68 valence electrons. The number of carbonyl (C=O) groups is 1. The monoisotopic (exact) mass is 197 g/mol. The lowest BCUT2D eigenvalue weighted by Crippen LogP contribution is -2.29. The van der Waals surface area contributed by atoms with Gasteiger partial charge in [-0.1, -0.05) is 17.2 Å². The van der Waals surface area contributed by atoms with Crippen molar-refractivity contribution in [3.8, 4) is 0 Å². The summed E-state index contributed by atoms with van der Waals surface area (Å²) in [7, 11) is 1.73. The van der Waals surface area contributed by atoms with E-state index in [1.165, 1.54) is 6.08 Å². The summed E-state index contributed by atoms with van der Waals surface area (Å²) in [4.78, 5) is 14.9. The number of hydrogen-bond donors (Lipinski definition) is 0. The van der Waals surface area contributed by atoms with Gasteiger partial charge in [0.15, 0.2) is 0 Å². The first-order valence-corrected chi connectivity index (χ1v) is 4.26. The van der Waals surface area contributed by atoms with E-state index in [1.54, 1.807) is 12.1 Å². The van der Waals surface area contributed by atoms with Crippen molar-refractivity contribution in [1.29, 1.82) is 0 Å². The summed E-state index contributed by atoms with van der Waals surface area (Å²) in [6, 6.07) is 0. The molecule has 0 aliphatic carbocycles. The van der Waals surface area contributed by atoms with Crippen molar-refractivity contribution in [3.05, 3.63) is 11.6 Å². The summed E-state index contributed by atoms with van der Waals surface area (Å²) < 4.78 is 0. The molecule has 2 aliphatic heterocycles. The van der Waals surface area contributed by atoms with Crippen molar-refractivity contribution in [3.63, 3.8) is 0 Å². The van der Waals surface area contributed by atoms with E-state index in [1.807, 2.05) is 6.92 Å². The van der Waals surface area contributed by atoms with Crippen LogP contribution in [0.2, 0.25) is 0 Å². The van der Waals surface area contributed by atoms with Crippen LogP contribution in [0.15, 0.2) is 21.7 Å². The minimum absolute atomic E-state index is 0.107. The molecule has 0 N–H and O–H groups in total. The molecule has 0 radical (unpaired) electrons. The van der Waals surface area contributed by atoms with Crippen LogP contribution in [0.1, 0.15) is 6.92 Å². The zero-order valence-corrected chi connectivity index (χ0v) is 8.04. The Morgan fingerprint density at radius 1 is 1.62 bits per heavy atom. The quantitative estimate of drug-likeness (QED) is 0.581. The Kier molecular flexibility index (Phi) is 1.73. The fourth-order valence-electron chi connectivity index (χ4n) is 1.50. The second-order valence-electron chi connectivity index (χ2n) is 3.08. The second-order valence-corrected chi connectivity index (χ2v) is 3.46. The van der Waals surface area contributed by atoms with Gasteiger partial charge in [0.05, 0.1) is 5.92 Å². The van der Waals surface area contributed by atoms with Crippen LogP contribution < -0.4 is 0 Å². The normalized spacial score (nSPS) is 26.7. The molecule has 2 aliphatic rings. The van der Waals surface area contributed by atoms with Gasteiger partial charge < -0.3 is 0 Å². The van der Waals surface area contributed by atoms with Crippen molar-refractivity contribution in [2.24, 2.45) is 16.0 Å². The number of amides is 1. The van der Waals surface area contributed by atoms with Crippen LogP contribution in [0.3, 0.4) is 0 Å². The van der Waals surface area contributed by atoms with Gasteiger partial charge in [-0.3, -0.25) is 9.80 Å². The molecule has 0 fully saturated rings. The Hall–Kier alpha value is -1.16. The number of dihydropyridines is 1. The largest absolute Gasteiger partial charge is 0.271 e. The summed E-state index contributed by atoms with van der Waals surface area (Å²) >= 11 is 5.90. The fraction of sp³-hybridized carbons (Fsp3) is 0.375. The maximum atomic E-state index is 11.1. The van der Waals surface area contributed by atoms with Gasteiger partial charge in [0.2, 0.25) is 0 Å². The van der Waals surface area contributed by atoms with Crippen LogP contribution in [0.25, 0.3) is 0 Å². The standard InChI is InChI=1S/C8H8ClN3O/c1-4-3-5(13)10-8-6(4)7(9)11-12(8)2/h3,6H,1-2H3. The lowest BCUT2D eigenvalue weighted by atomic mass is 9.98. The summed E-state index contributed by atoms with van der Waals surface area (Å²) in [6.45, 7) is 1.86. The number of hydrogen-bond acceptors (Lipinski definition) is 3. The van der Waals surface area contributed by atoms with Crippen molar-refractivity contribution < 1.29 is 4.79 Å². The molecule has 0 aromatic carbocycles. The number of amidine groups is 1. The first-order valence-electron chi connectivity index (χ1n) is 3.88. The number of rotatable bonds is 0. The molecule has 0 aromatic rings. The topological polar surface area (TPSA) is 45.0 Å². The summed E-state index contributed by atoms with van der Waals surface area (Å²) in [5.41, 5.74) is 0.896. The number of halogens is 1. The molecule has 1 unspecified atom stereocenters. The highest BCUT2D eigenvalue weighted by Crippen LogP contribution is 2.27. The van der Waals surface area contributed by atoms with E-state index >= 15 is 0 Å². The van der Waals surface area contributed by atoms with Gasteiger partial charge in [-0.15, -0.1) is 0 Å². The maximum Gasteiger partial charge on any atom is 0.271 e. The van der Waals surface area contributed by atoms with E-state index < -0.39 is 0 Å². The van der Waals surface area contributed by atoms with Crippen molar-refractivity contribution >= 4 is 28.5 Å². The second kappa shape index (κ2) is 2.67. The van der Waals surface area contributed by atoms with E-state index in [4.69, 9.17) is 11.6 Å². The van der Waals surface area contributed by atoms with Crippen LogP contribution in [-0.4, -0.2) is 29.0 Å². The highest BCUT2D eigenvalue weighted by Gasteiger charge is 2.35. The molecule has 4 nitrogen and oxygen atoms in total. The Balaban J connectivity index is 2.47. The molecule has 1 atom stereocenters. The van der Waals surface area contributed by atoms with Crippen molar-refractivity contribution in [1.82, 2.24) is 5.01 Å². The Morgan fingerprint density at radius 3 is 3.00 bits per heavy atom. The van der Waals surface area contributed by atoms with Gasteiger partial charge in [-0.2, -0.15) is 10.1 Å². The third-order valence-electron chi connectivity index (χ3n) is 2.10. The van der Waals surface area contributed by atoms with Gasteiger partial charge in [0, 0.05) is 13.1 Å². The third-order valence-corrected chi connectivity index (χ3v) is 2.40. The highest BCUT2D eigenvalue weighted by molar-refractivity contribution is 6.68. The number of hydrazone groups is 1. The minimum Gasteiger partial charge on any atom is -0.267 e. The minimum atomic E-state index is -0.239. The average Bonchev–Trinajstić information content (AvgIpc) is 2.27. The predicted octanol–water partition coefficient (Wildman–Crippen LogP) is 0.985. The molecule has 2 rings (SSSR count). The Labute approximate surface area is 80.6 Å². The molecule has 0 bridgehead atoms. The van der Waals surface area contributed by atoms with E-state index in [0.717, 1.165) is 5.57 Å². The number of aliphatic imine (C=N–C) groups is 1. The molecule has 2 heterocycles. The van der Waals surface area contributed by atoms with Gasteiger partial charge in [0.1, 0.15) is 11.0 Å². The zero-order valence-electron chi connectivity index (χ0n) is 7.28. The molecule has 0 saturated carbocycles. The highest BCUT2D eigenvalue weighted by atomic mass is 35.5. The number of nitrogens with zero attached hydrogens (tertiary/aromatic N) is 3. The molecule has 0 aromatic heterocycles. The molecular weight excluding hydrogens is 190 g/mol. The van der Waals surface area contributed by atoms with Crippen molar-refractivity contribution in [2.75, 3.05) is 7.05 Å². The van der Waals surface area contributed by atoms with Crippen LogP contribution in [0, 0.1) is 5.92 Å². The molecule has 1 amide bonds. The van der Waals surface area contributed by atoms with Gasteiger partial charge in [-0.25, -0.2) is 0 Å². The summed E-state index contributed by atoms with van der Waals surface area (Å²) in [5.74, 6) is 0.275. The molecule has 13 heavy (non-hydrogen) atoms. The fourth-order valence-corrected chi connectivity index (χ4v) is 1.88.